The lowest BCUT2D eigenvalue weighted by molar-refractivity contribution is -0.137. The van der Waals surface area contributed by atoms with Gasteiger partial charge >= 0.3 is 6.18 Å². The molecule has 0 radical (unpaired) electrons. The number of hydrogen-bond acceptors (Lipinski definition) is 3. The summed E-state index contributed by atoms with van der Waals surface area (Å²) in [4.78, 5) is 26.4. The Labute approximate surface area is 177 Å². The van der Waals surface area contributed by atoms with E-state index >= 15 is 0 Å². The summed E-state index contributed by atoms with van der Waals surface area (Å²) in [6, 6.07) is 8.80. The van der Waals surface area contributed by atoms with E-state index in [0.29, 0.717) is 17.9 Å². The molecule has 1 atom stereocenters. The van der Waals surface area contributed by atoms with Crippen LogP contribution in [0.4, 0.5) is 24.5 Å². The maximum Gasteiger partial charge on any atom is 0.418 e. The van der Waals surface area contributed by atoms with Crippen LogP contribution in [0, 0.1) is 0 Å². The fourth-order valence-corrected chi connectivity index (χ4v) is 4.28. The lowest BCUT2D eigenvalue weighted by Crippen LogP contribution is -2.25. The SMILES string of the molecule is CCC(C)Sc1ccc(NC(=O)c2ccc3c(c2)CCN3C(C)=O)c(C(F)(F)F)c1. The quantitative estimate of drug-likeness (QED) is 0.607. The molecule has 1 heterocycles. The van der Waals surface area contributed by atoms with Gasteiger partial charge in [0.15, 0.2) is 0 Å². The molecule has 0 bridgehead atoms. The Morgan fingerprint density at radius 3 is 2.57 bits per heavy atom. The fraction of sp³-hybridized carbons (Fsp3) is 0.364. The van der Waals surface area contributed by atoms with Crippen molar-refractivity contribution >= 4 is 35.0 Å². The molecule has 3 rings (SSSR count). The van der Waals surface area contributed by atoms with Crippen LogP contribution in [-0.4, -0.2) is 23.6 Å². The Bertz CT molecular complexity index is 975. The molecule has 160 valence electrons. The predicted octanol–water partition coefficient (Wildman–Crippen LogP) is 5.76. The minimum atomic E-state index is -4.59. The molecule has 0 saturated carbocycles. The lowest BCUT2D eigenvalue weighted by atomic mass is 10.1. The van der Waals surface area contributed by atoms with Crippen LogP contribution in [0.3, 0.4) is 0 Å². The van der Waals surface area contributed by atoms with Gasteiger partial charge in [-0.15, -0.1) is 11.8 Å². The van der Waals surface area contributed by atoms with Gasteiger partial charge in [0.05, 0.1) is 11.3 Å². The molecule has 0 saturated heterocycles. The van der Waals surface area contributed by atoms with Crippen molar-refractivity contribution in [2.75, 3.05) is 16.8 Å². The summed E-state index contributed by atoms with van der Waals surface area (Å²) >= 11 is 1.37. The molecule has 2 aromatic rings. The van der Waals surface area contributed by atoms with Gasteiger partial charge in [-0.1, -0.05) is 13.8 Å². The monoisotopic (exact) mass is 436 g/mol. The van der Waals surface area contributed by atoms with Crippen molar-refractivity contribution in [1.82, 2.24) is 0 Å². The first-order valence-corrected chi connectivity index (χ1v) is 10.6. The van der Waals surface area contributed by atoms with Crippen LogP contribution in [0.15, 0.2) is 41.3 Å². The summed E-state index contributed by atoms with van der Waals surface area (Å²) in [5.41, 5.74) is 0.681. The van der Waals surface area contributed by atoms with E-state index in [4.69, 9.17) is 0 Å². The Kier molecular flexibility index (Phi) is 6.45. The van der Waals surface area contributed by atoms with Gasteiger partial charge < -0.3 is 10.2 Å². The third-order valence-electron chi connectivity index (χ3n) is 5.07. The van der Waals surface area contributed by atoms with E-state index in [9.17, 15) is 22.8 Å². The van der Waals surface area contributed by atoms with Crippen molar-refractivity contribution < 1.29 is 22.8 Å². The molecule has 2 amide bonds. The minimum absolute atomic E-state index is 0.0869. The van der Waals surface area contributed by atoms with Crippen molar-refractivity contribution in [3.8, 4) is 0 Å². The van der Waals surface area contributed by atoms with Gasteiger partial charge in [0.2, 0.25) is 5.91 Å². The molecule has 1 N–H and O–H groups in total. The smallest absolute Gasteiger partial charge is 0.321 e. The number of anilines is 2. The average molecular weight is 436 g/mol. The highest BCUT2D eigenvalue weighted by molar-refractivity contribution is 7.99. The van der Waals surface area contributed by atoms with Crippen LogP contribution in [0.5, 0.6) is 0 Å². The highest BCUT2D eigenvalue weighted by Crippen LogP contribution is 2.39. The second kappa shape index (κ2) is 8.71. The Morgan fingerprint density at radius 1 is 1.20 bits per heavy atom. The predicted molar refractivity (Wildman–Crippen MR) is 113 cm³/mol. The van der Waals surface area contributed by atoms with Crippen LogP contribution >= 0.6 is 11.8 Å². The second-order valence-corrected chi connectivity index (χ2v) is 8.77. The third-order valence-corrected chi connectivity index (χ3v) is 6.34. The molecule has 1 aliphatic heterocycles. The molecule has 0 fully saturated rings. The lowest BCUT2D eigenvalue weighted by Gasteiger charge is -2.17. The number of hydrogen-bond donors (Lipinski definition) is 1. The van der Waals surface area contributed by atoms with Crippen LogP contribution in [0.1, 0.15) is 48.7 Å². The number of nitrogens with zero attached hydrogens (tertiary/aromatic N) is 1. The fourth-order valence-electron chi connectivity index (χ4n) is 3.32. The van der Waals surface area contributed by atoms with Crippen LogP contribution in [0.2, 0.25) is 0 Å². The van der Waals surface area contributed by atoms with Crippen molar-refractivity contribution in [3.63, 3.8) is 0 Å². The number of fused-ring (bicyclic) bond motifs is 1. The zero-order valence-corrected chi connectivity index (χ0v) is 17.8. The zero-order chi connectivity index (χ0) is 22.1. The van der Waals surface area contributed by atoms with Crippen LogP contribution < -0.4 is 10.2 Å². The number of alkyl halides is 3. The van der Waals surface area contributed by atoms with E-state index < -0.39 is 17.6 Å². The average Bonchev–Trinajstić information content (AvgIpc) is 3.11. The minimum Gasteiger partial charge on any atom is -0.321 e. The standard InChI is InChI=1S/C22H23F3N2O2S/c1-4-13(2)30-17-6-7-19(18(12-17)22(23,24)25)26-21(29)16-5-8-20-15(11-16)9-10-27(20)14(3)28/h5-8,11-13H,4,9-10H2,1-3H3,(H,26,29). The largest absolute Gasteiger partial charge is 0.418 e. The first kappa shape index (κ1) is 22.2. The van der Waals surface area contributed by atoms with E-state index in [-0.39, 0.29) is 22.4 Å². The highest BCUT2D eigenvalue weighted by atomic mass is 32.2. The van der Waals surface area contributed by atoms with Gasteiger partial charge in [0.25, 0.3) is 5.91 Å². The highest BCUT2D eigenvalue weighted by Gasteiger charge is 2.34. The first-order valence-electron chi connectivity index (χ1n) is 9.70. The van der Waals surface area contributed by atoms with Crippen molar-refractivity contribution in [1.29, 1.82) is 0 Å². The van der Waals surface area contributed by atoms with Gasteiger partial charge in [-0.3, -0.25) is 9.59 Å². The number of carbonyl (C=O) groups is 2. The number of thioether (sulfide) groups is 1. The number of benzene rings is 2. The maximum absolute atomic E-state index is 13.6. The third kappa shape index (κ3) is 4.80. The van der Waals surface area contributed by atoms with Crippen molar-refractivity contribution in [3.05, 3.63) is 53.1 Å². The van der Waals surface area contributed by atoms with Gasteiger partial charge in [-0.05, 0) is 54.8 Å². The van der Waals surface area contributed by atoms with Gasteiger partial charge in [0.1, 0.15) is 0 Å². The molecular formula is C22H23F3N2O2S. The normalized spacial score (nSPS) is 14.4. The number of nitrogens with one attached hydrogen (secondary N) is 1. The molecular weight excluding hydrogens is 413 g/mol. The van der Waals surface area contributed by atoms with E-state index in [1.54, 1.807) is 23.1 Å². The topological polar surface area (TPSA) is 49.4 Å². The van der Waals surface area contributed by atoms with E-state index in [1.807, 2.05) is 13.8 Å². The molecule has 1 unspecified atom stereocenters. The number of amides is 2. The van der Waals surface area contributed by atoms with E-state index in [0.717, 1.165) is 23.7 Å². The van der Waals surface area contributed by atoms with Crippen LogP contribution in [0.25, 0.3) is 0 Å². The summed E-state index contributed by atoms with van der Waals surface area (Å²) in [6.07, 6.45) is -3.15. The number of rotatable bonds is 5. The molecule has 2 aromatic carbocycles. The number of carbonyl (C=O) groups excluding carboxylic acids is 2. The summed E-state index contributed by atoms with van der Waals surface area (Å²) < 4.78 is 40.8. The Hall–Kier alpha value is -2.48. The Morgan fingerprint density at radius 2 is 1.93 bits per heavy atom. The summed E-state index contributed by atoms with van der Waals surface area (Å²) in [7, 11) is 0. The molecule has 0 aliphatic carbocycles. The molecule has 0 aromatic heterocycles. The van der Waals surface area contributed by atoms with Gasteiger partial charge in [-0.25, -0.2) is 0 Å². The van der Waals surface area contributed by atoms with Gasteiger partial charge in [0, 0.05) is 34.9 Å². The molecule has 1 aliphatic rings. The van der Waals surface area contributed by atoms with Gasteiger partial charge in [-0.2, -0.15) is 13.2 Å². The summed E-state index contributed by atoms with van der Waals surface area (Å²) in [5.74, 6) is -0.706. The zero-order valence-electron chi connectivity index (χ0n) is 17.0. The first-order chi connectivity index (χ1) is 14.1. The molecule has 0 spiro atoms. The Balaban J connectivity index is 1.85. The number of halogens is 3. The maximum atomic E-state index is 13.6. The van der Waals surface area contributed by atoms with Crippen molar-refractivity contribution in [2.24, 2.45) is 0 Å². The summed E-state index contributed by atoms with van der Waals surface area (Å²) in [5, 5.41) is 2.59. The molecule has 30 heavy (non-hydrogen) atoms. The van der Waals surface area contributed by atoms with Crippen LogP contribution in [-0.2, 0) is 17.4 Å². The molecule has 4 nitrogen and oxygen atoms in total. The molecule has 8 heteroatoms. The van der Waals surface area contributed by atoms with E-state index in [1.165, 1.54) is 30.8 Å². The van der Waals surface area contributed by atoms with E-state index in [2.05, 4.69) is 5.32 Å². The summed E-state index contributed by atoms with van der Waals surface area (Å²) in [6.45, 7) is 5.93. The van der Waals surface area contributed by atoms with Crippen molar-refractivity contribution in [2.45, 2.75) is 49.9 Å². The second-order valence-electron chi connectivity index (χ2n) is 7.26.